The van der Waals surface area contributed by atoms with Crippen LogP contribution in [0.3, 0.4) is 0 Å². The van der Waals surface area contributed by atoms with E-state index in [9.17, 15) is 4.79 Å². The van der Waals surface area contributed by atoms with Crippen LogP contribution in [-0.2, 0) is 13.1 Å². The van der Waals surface area contributed by atoms with Crippen LogP contribution in [0, 0.1) is 6.92 Å². The summed E-state index contributed by atoms with van der Waals surface area (Å²) in [6.45, 7) is 5.60. The van der Waals surface area contributed by atoms with Crippen molar-refractivity contribution in [2.24, 2.45) is 0 Å². The van der Waals surface area contributed by atoms with Gasteiger partial charge in [0.25, 0.3) is 5.91 Å². The Labute approximate surface area is 162 Å². The third-order valence-corrected chi connectivity index (χ3v) is 6.59. The summed E-state index contributed by atoms with van der Waals surface area (Å²) in [5.41, 5.74) is 1.88. The smallest absolute Gasteiger partial charge is 0.271 e. The molecule has 138 valence electrons. The summed E-state index contributed by atoms with van der Waals surface area (Å²) < 4.78 is 2.19. The van der Waals surface area contributed by atoms with Crippen LogP contribution in [0.15, 0.2) is 55.0 Å². The highest BCUT2D eigenvalue weighted by molar-refractivity contribution is 7.11. The summed E-state index contributed by atoms with van der Waals surface area (Å²) in [7, 11) is 0. The molecule has 0 spiro atoms. The number of amides is 1. The molecule has 0 saturated carbocycles. The highest BCUT2D eigenvalue weighted by atomic mass is 32.1. The quantitative estimate of drug-likeness (QED) is 0.699. The minimum Gasteiger partial charge on any atom is -0.337 e. The second-order valence-electron chi connectivity index (χ2n) is 7.44. The Balaban J connectivity index is 1.43. The molecule has 2 aliphatic rings. The SMILES string of the molecule is Cc1ccc(CN2C[C@@H]3[C@@H](C2)n2cccc2C(=O)N3Cc2cccnc2)s1. The van der Waals surface area contributed by atoms with Gasteiger partial charge in [-0.05, 0) is 42.8 Å². The van der Waals surface area contributed by atoms with Crippen molar-refractivity contribution in [3.8, 4) is 0 Å². The molecule has 0 radical (unpaired) electrons. The third kappa shape index (κ3) is 2.99. The topological polar surface area (TPSA) is 41.4 Å². The van der Waals surface area contributed by atoms with Gasteiger partial charge in [0, 0.05) is 54.5 Å². The van der Waals surface area contributed by atoms with Gasteiger partial charge in [-0.1, -0.05) is 6.07 Å². The Morgan fingerprint density at radius 3 is 2.78 bits per heavy atom. The van der Waals surface area contributed by atoms with Crippen molar-refractivity contribution < 1.29 is 4.79 Å². The summed E-state index contributed by atoms with van der Waals surface area (Å²) in [6, 6.07) is 12.8. The van der Waals surface area contributed by atoms with E-state index in [1.54, 1.807) is 6.20 Å². The Morgan fingerprint density at radius 1 is 1.11 bits per heavy atom. The monoisotopic (exact) mass is 378 g/mol. The number of pyridine rings is 1. The number of carbonyl (C=O) groups excluding carboxylic acids is 1. The molecule has 5 rings (SSSR count). The zero-order valence-corrected chi connectivity index (χ0v) is 16.1. The lowest BCUT2D eigenvalue weighted by molar-refractivity contribution is 0.0556. The fraction of sp³-hybridized carbons (Fsp3) is 0.333. The number of rotatable bonds is 4. The first kappa shape index (κ1) is 16.7. The Morgan fingerprint density at radius 2 is 2.00 bits per heavy atom. The van der Waals surface area contributed by atoms with Crippen LogP contribution in [0.2, 0.25) is 0 Å². The van der Waals surface area contributed by atoms with Gasteiger partial charge in [-0.25, -0.2) is 0 Å². The van der Waals surface area contributed by atoms with Gasteiger partial charge < -0.3 is 9.47 Å². The maximum Gasteiger partial charge on any atom is 0.271 e. The highest BCUT2D eigenvalue weighted by Gasteiger charge is 2.44. The van der Waals surface area contributed by atoms with Gasteiger partial charge in [-0.15, -0.1) is 11.3 Å². The molecule has 2 aliphatic heterocycles. The number of aryl methyl sites for hydroxylation is 1. The molecule has 0 N–H and O–H groups in total. The maximum atomic E-state index is 13.2. The molecule has 1 fully saturated rings. The van der Waals surface area contributed by atoms with Crippen molar-refractivity contribution in [2.75, 3.05) is 13.1 Å². The minimum atomic E-state index is 0.124. The van der Waals surface area contributed by atoms with E-state index in [1.807, 2.05) is 41.8 Å². The molecular formula is C21H22N4OS. The Bertz CT molecular complexity index is 963. The lowest BCUT2D eigenvalue weighted by atomic mass is 10.0. The van der Waals surface area contributed by atoms with Crippen molar-refractivity contribution >= 4 is 17.2 Å². The van der Waals surface area contributed by atoms with E-state index in [2.05, 4.69) is 44.6 Å². The van der Waals surface area contributed by atoms with Gasteiger partial charge in [-0.3, -0.25) is 14.7 Å². The van der Waals surface area contributed by atoms with Crippen molar-refractivity contribution in [3.63, 3.8) is 0 Å². The van der Waals surface area contributed by atoms with Gasteiger partial charge >= 0.3 is 0 Å². The normalized spacial score (nSPS) is 22.1. The number of thiophene rings is 1. The number of aromatic nitrogens is 2. The molecule has 0 bridgehead atoms. The van der Waals surface area contributed by atoms with Gasteiger partial charge in [-0.2, -0.15) is 0 Å². The van der Waals surface area contributed by atoms with Gasteiger partial charge in [0.15, 0.2) is 0 Å². The molecule has 1 saturated heterocycles. The van der Waals surface area contributed by atoms with E-state index in [0.717, 1.165) is 30.9 Å². The molecular weight excluding hydrogens is 356 g/mol. The molecule has 3 aromatic heterocycles. The average molecular weight is 379 g/mol. The Kier molecular flexibility index (Phi) is 4.10. The van der Waals surface area contributed by atoms with Crippen molar-refractivity contribution in [2.45, 2.75) is 32.1 Å². The van der Waals surface area contributed by atoms with Gasteiger partial charge in [0.1, 0.15) is 5.69 Å². The zero-order valence-electron chi connectivity index (χ0n) is 15.3. The maximum absolute atomic E-state index is 13.2. The summed E-state index contributed by atoms with van der Waals surface area (Å²) >= 11 is 1.86. The average Bonchev–Trinajstić information content (AvgIpc) is 3.39. The number of fused-ring (bicyclic) bond motifs is 3. The molecule has 5 heterocycles. The molecule has 1 amide bonds. The first-order valence-corrected chi connectivity index (χ1v) is 10.1. The predicted molar refractivity (Wildman–Crippen MR) is 106 cm³/mol. The summed E-state index contributed by atoms with van der Waals surface area (Å²) in [5.74, 6) is 0.124. The first-order chi connectivity index (χ1) is 13.2. The summed E-state index contributed by atoms with van der Waals surface area (Å²) in [5, 5.41) is 0. The molecule has 0 unspecified atom stereocenters. The van der Waals surface area contributed by atoms with Crippen molar-refractivity contribution in [1.82, 2.24) is 19.4 Å². The minimum absolute atomic E-state index is 0.124. The second-order valence-corrected chi connectivity index (χ2v) is 8.81. The molecule has 3 aromatic rings. The van der Waals surface area contributed by atoms with E-state index in [0.29, 0.717) is 12.6 Å². The standard InChI is InChI=1S/C21H22N4OS/c1-15-6-7-17(27-15)12-23-13-19-20(14-23)25(11-16-4-2-8-22-10-16)21(26)18-5-3-9-24(18)19/h2-10,19-20H,11-14H2,1H3/t19-,20-/m1/s1. The predicted octanol–water partition coefficient (Wildman–Crippen LogP) is 3.33. The van der Waals surface area contributed by atoms with E-state index in [1.165, 1.54) is 9.75 Å². The van der Waals surface area contributed by atoms with E-state index >= 15 is 0 Å². The fourth-order valence-electron chi connectivity index (χ4n) is 4.39. The van der Waals surface area contributed by atoms with Crippen LogP contribution in [0.5, 0.6) is 0 Å². The summed E-state index contributed by atoms with van der Waals surface area (Å²) in [6.07, 6.45) is 5.69. The zero-order chi connectivity index (χ0) is 18.4. The lowest BCUT2D eigenvalue weighted by Crippen LogP contribution is -2.49. The first-order valence-electron chi connectivity index (χ1n) is 9.33. The molecule has 0 aliphatic carbocycles. The van der Waals surface area contributed by atoms with Crippen molar-refractivity contribution in [3.05, 3.63) is 76.0 Å². The van der Waals surface area contributed by atoms with Crippen LogP contribution in [0.4, 0.5) is 0 Å². The van der Waals surface area contributed by atoms with Crippen LogP contribution in [0.25, 0.3) is 0 Å². The van der Waals surface area contributed by atoms with Crippen LogP contribution in [-0.4, -0.2) is 44.4 Å². The molecule has 27 heavy (non-hydrogen) atoms. The van der Waals surface area contributed by atoms with Crippen molar-refractivity contribution in [1.29, 1.82) is 0 Å². The van der Waals surface area contributed by atoms with Crippen LogP contribution >= 0.6 is 11.3 Å². The Hall–Kier alpha value is -2.44. The number of nitrogens with zero attached hydrogens (tertiary/aromatic N) is 4. The number of hydrogen-bond donors (Lipinski definition) is 0. The van der Waals surface area contributed by atoms with E-state index in [-0.39, 0.29) is 11.9 Å². The molecule has 6 heteroatoms. The largest absolute Gasteiger partial charge is 0.337 e. The van der Waals surface area contributed by atoms with Crippen LogP contribution < -0.4 is 0 Å². The third-order valence-electron chi connectivity index (χ3n) is 5.60. The molecule has 5 nitrogen and oxygen atoms in total. The summed E-state index contributed by atoms with van der Waals surface area (Å²) in [4.78, 5) is 24.7. The van der Waals surface area contributed by atoms with Gasteiger partial charge in [0.05, 0.1) is 12.1 Å². The number of carbonyl (C=O) groups is 1. The van der Waals surface area contributed by atoms with E-state index in [4.69, 9.17) is 0 Å². The molecule has 0 aromatic carbocycles. The van der Waals surface area contributed by atoms with Crippen LogP contribution in [0.1, 0.15) is 31.8 Å². The molecule has 2 atom stereocenters. The second kappa shape index (κ2) is 6.62. The highest BCUT2D eigenvalue weighted by Crippen LogP contribution is 2.35. The fourth-order valence-corrected chi connectivity index (χ4v) is 5.32. The van der Waals surface area contributed by atoms with Gasteiger partial charge in [0.2, 0.25) is 0 Å². The van der Waals surface area contributed by atoms with E-state index < -0.39 is 0 Å². The number of hydrogen-bond acceptors (Lipinski definition) is 4. The number of likely N-dealkylation sites (tertiary alicyclic amines) is 1. The lowest BCUT2D eigenvalue weighted by Gasteiger charge is -2.38.